The lowest BCUT2D eigenvalue weighted by Crippen LogP contribution is -2.54. The van der Waals surface area contributed by atoms with Gasteiger partial charge in [-0.15, -0.1) is 0 Å². The van der Waals surface area contributed by atoms with Gasteiger partial charge < -0.3 is 29.0 Å². The van der Waals surface area contributed by atoms with Crippen molar-refractivity contribution >= 4 is 36.6 Å². The third-order valence-corrected chi connectivity index (χ3v) is 10.7. The van der Waals surface area contributed by atoms with Crippen LogP contribution in [0.25, 0.3) is 38.6 Å². The van der Waals surface area contributed by atoms with Crippen LogP contribution in [0.4, 0.5) is 0 Å². The summed E-state index contributed by atoms with van der Waals surface area (Å²) in [6.45, 7) is 12.9. The van der Waals surface area contributed by atoms with E-state index >= 15 is 0 Å². The number of aliphatic hydroxyl groups is 2. The quantitative estimate of drug-likeness (QED) is 0.164. The molecule has 0 bridgehead atoms. The van der Waals surface area contributed by atoms with Crippen LogP contribution in [-0.2, 0) is 17.6 Å². The first-order valence-corrected chi connectivity index (χ1v) is 20.9. The van der Waals surface area contributed by atoms with Crippen molar-refractivity contribution in [3.8, 4) is 28.4 Å². The van der Waals surface area contributed by atoms with Gasteiger partial charge in [-0.1, -0.05) is 39.0 Å². The number of piperazine rings is 1. The molecule has 0 radical (unpaired) electrons. The number of benzene rings is 3. The first kappa shape index (κ1) is 38.1. The number of fused-ring (bicyclic) bond motifs is 2. The summed E-state index contributed by atoms with van der Waals surface area (Å²) in [5, 5.41) is 23.1. The zero-order valence-corrected chi connectivity index (χ0v) is 32.8. The van der Waals surface area contributed by atoms with Crippen molar-refractivity contribution in [1.82, 2.24) is 19.4 Å². The Kier molecular flexibility index (Phi) is 11.4. The largest absolute Gasteiger partial charge is 0.493 e. The summed E-state index contributed by atoms with van der Waals surface area (Å²) in [5.41, 5.74) is 3.08. The number of amides is 1. The van der Waals surface area contributed by atoms with Crippen molar-refractivity contribution in [1.29, 1.82) is 0 Å². The van der Waals surface area contributed by atoms with Crippen LogP contribution in [-0.4, -0.2) is 91.1 Å². The smallest absolute Gasteiger partial charge is 0.257 e. The van der Waals surface area contributed by atoms with E-state index in [1.165, 1.54) is 10.6 Å². The lowest BCUT2D eigenvalue weighted by Gasteiger charge is -2.42. The molecule has 53 heavy (non-hydrogen) atoms. The molecule has 2 aromatic heterocycles. The van der Waals surface area contributed by atoms with E-state index in [2.05, 4.69) is 43.7 Å². The predicted octanol–water partition coefficient (Wildman–Crippen LogP) is 5.73. The molecule has 1 saturated heterocycles. The summed E-state index contributed by atoms with van der Waals surface area (Å²) in [6, 6.07) is 17.9. The molecule has 3 heterocycles. The summed E-state index contributed by atoms with van der Waals surface area (Å²) in [5.74, 6) is 1.21. The van der Waals surface area contributed by atoms with Gasteiger partial charge in [-0.2, -0.15) is 0 Å². The van der Waals surface area contributed by atoms with E-state index in [1.54, 1.807) is 32.5 Å². The van der Waals surface area contributed by atoms with Gasteiger partial charge >= 0.3 is 0 Å². The predicted molar refractivity (Wildman–Crippen MR) is 211 cm³/mol. The van der Waals surface area contributed by atoms with Gasteiger partial charge in [-0.3, -0.25) is 19.1 Å². The number of hydrogen-bond donors (Lipinski definition) is 2. The van der Waals surface area contributed by atoms with E-state index in [9.17, 15) is 19.8 Å². The molecule has 6 rings (SSSR count). The standard InChI is InChI=1S/C41H50N4O7Si/c1-41(2,3)23-38(52-53(6)7)43-14-16-44(17-15-43)40(49)31-22-37(48)45(33-11-9-8-10-29(31)33)36-20-26(12-13-42-36)39-30-21-35(51-5)34(50-4)19-27(30)18-28(24-46)32(39)25-47/h8-13,18-22,38,46-47,53H,14-17,23-25H2,1-7H3. The lowest BCUT2D eigenvalue weighted by molar-refractivity contribution is -0.0279. The van der Waals surface area contributed by atoms with Crippen molar-refractivity contribution in [2.24, 2.45) is 5.41 Å². The summed E-state index contributed by atoms with van der Waals surface area (Å²) in [4.78, 5) is 37.0. The number of methoxy groups -OCH3 is 2. The van der Waals surface area contributed by atoms with Crippen LogP contribution in [0, 0.1) is 5.41 Å². The minimum Gasteiger partial charge on any atom is -0.493 e. The van der Waals surface area contributed by atoms with Gasteiger partial charge in [-0.25, -0.2) is 4.98 Å². The summed E-state index contributed by atoms with van der Waals surface area (Å²) in [6.07, 6.45) is 2.55. The topological polar surface area (TPSA) is 127 Å². The number of carbonyl (C=O) groups excluding carboxylic acids is 1. The third-order valence-electron chi connectivity index (χ3n) is 9.81. The molecule has 1 amide bonds. The van der Waals surface area contributed by atoms with Crippen LogP contribution in [0.5, 0.6) is 11.5 Å². The maximum Gasteiger partial charge on any atom is 0.257 e. The number of rotatable bonds is 11. The van der Waals surface area contributed by atoms with Gasteiger partial charge in [-0.05, 0) is 94.4 Å². The maximum atomic E-state index is 14.1. The number of carbonyl (C=O) groups is 1. The van der Waals surface area contributed by atoms with E-state index < -0.39 is 14.6 Å². The molecule has 1 fully saturated rings. The van der Waals surface area contributed by atoms with Crippen LogP contribution < -0.4 is 15.0 Å². The fourth-order valence-electron chi connectivity index (χ4n) is 7.35. The zero-order valence-electron chi connectivity index (χ0n) is 31.7. The second-order valence-corrected chi connectivity index (χ2v) is 17.4. The van der Waals surface area contributed by atoms with Crippen molar-refractivity contribution in [3.05, 3.63) is 93.9 Å². The van der Waals surface area contributed by atoms with Crippen LogP contribution in [0.3, 0.4) is 0 Å². The molecule has 0 saturated carbocycles. The molecular formula is C41H50N4O7Si. The Balaban J connectivity index is 1.38. The van der Waals surface area contributed by atoms with Gasteiger partial charge in [0.05, 0.1) is 44.7 Å². The number of para-hydroxylation sites is 1. The Bertz CT molecular complexity index is 2180. The third kappa shape index (κ3) is 7.88. The van der Waals surface area contributed by atoms with E-state index in [0.717, 1.165) is 17.2 Å². The molecule has 280 valence electrons. The highest BCUT2D eigenvalue weighted by molar-refractivity contribution is 6.48. The average molecular weight is 739 g/mol. The molecule has 1 unspecified atom stereocenters. The first-order valence-electron chi connectivity index (χ1n) is 18.1. The van der Waals surface area contributed by atoms with Crippen molar-refractivity contribution in [2.75, 3.05) is 40.4 Å². The minimum atomic E-state index is -1.28. The van der Waals surface area contributed by atoms with Crippen molar-refractivity contribution in [3.63, 3.8) is 0 Å². The van der Waals surface area contributed by atoms with E-state index in [1.807, 2.05) is 47.4 Å². The number of pyridine rings is 2. The van der Waals surface area contributed by atoms with E-state index in [4.69, 9.17) is 13.9 Å². The highest BCUT2D eigenvalue weighted by Gasteiger charge is 2.31. The van der Waals surface area contributed by atoms with Gasteiger partial charge in [0.15, 0.2) is 20.5 Å². The molecule has 1 aliphatic rings. The van der Waals surface area contributed by atoms with Gasteiger partial charge in [0, 0.05) is 43.8 Å². The second kappa shape index (κ2) is 15.8. The highest BCUT2D eigenvalue weighted by Crippen LogP contribution is 2.41. The number of nitrogens with zero attached hydrogens (tertiary/aromatic N) is 4. The second-order valence-electron chi connectivity index (χ2n) is 15.0. The number of hydrogen-bond acceptors (Lipinski definition) is 9. The zero-order chi connectivity index (χ0) is 38.0. The number of aromatic nitrogens is 2. The minimum absolute atomic E-state index is 0.0226. The monoisotopic (exact) mass is 738 g/mol. The molecule has 12 heteroatoms. The summed E-state index contributed by atoms with van der Waals surface area (Å²) >= 11 is 0. The van der Waals surface area contributed by atoms with Gasteiger partial charge in [0.25, 0.3) is 11.5 Å². The van der Waals surface area contributed by atoms with Crippen LogP contribution in [0.2, 0.25) is 13.1 Å². The van der Waals surface area contributed by atoms with E-state index in [-0.39, 0.29) is 30.8 Å². The normalized spacial score (nSPS) is 14.6. The Morgan fingerprint density at radius 1 is 0.906 bits per heavy atom. The Morgan fingerprint density at radius 2 is 1.60 bits per heavy atom. The average Bonchev–Trinajstić information content (AvgIpc) is 3.14. The summed E-state index contributed by atoms with van der Waals surface area (Å²) < 4.78 is 19.1. The molecule has 1 aliphatic heterocycles. The number of ether oxygens (including phenoxy) is 2. The van der Waals surface area contributed by atoms with Crippen LogP contribution in [0.1, 0.15) is 48.7 Å². The van der Waals surface area contributed by atoms with E-state index in [0.29, 0.717) is 82.2 Å². The summed E-state index contributed by atoms with van der Waals surface area (Å²) in [7, 11) is 1.84. The van der Waals surface area contributed by atoms with Crippen LogP contribution in [0.15, 0.2) is 71.7 Å². The van der Waals surface area contributed by atoms with Crippen LogP contribution >= 0.6 is 0 Å². The molecule has 0 aliphatic carbocycles. The Morgan fingerprint density at radius 3 is 2.25 bits per heavy atom. The molecule has 11 nitrogen and oxygen atoms in total. The Hall–Kier alpha value is -4.59. The Labute approximate surface area is 312 Å². The molecule has 0 spiro atoms. The fraction of sp³-hybridized carbons (Fsp3) is 0.390. The molecule has 3 aromatic carbocycles. The molecule has 5 aromatic rings. The highest BCUT2D eigenvalue weighted by atomic mass is 28.3. The SMILES string of the molecule is COc1cc2cc(CO)c(CO)c(-c3ccnc(-n4c(=O)cc(C(=O)N5CCN(C(CC(C)(C)C)O[SiH](C)C)CC5)c5ccccc54)c3)c2cc1OC. The lowest BCUT2D eigenvalue weighted by atomic mass is 9.90. The van der Waals surface area contributed by atoms with Crippen molar-refractivity contribution in [2.45, 2.75) is 59.7 Å². The van der Waals surface area contributed by atoms with Crippen molar-refractivity contribution < 1.29 is 28.9 Å². The van der Waals surface area contributed by atoms with Gasteiger partial charge in [0.2, 0.25) is 0 Å². The molecular weight excluding hydrogens is 689 g/mol. The molecule has 2 N–H and O–H groups in total. The first-order chi connectivity index (χ1) is 25.4. The van der Waals surface area contributed by atoms with Gasteiger partial charge in [0.1, 0.15) is 5.82 Å². The number of aliphatic hydroxyl groups excluding tert-OH is 2. The fourth-order valence-corrected chi connectivity index (χ4v) is 8.25. The maximum absolute atomic E-state index is 14.1. The molecule has 1 atom stereocenters.